The summed E-state index contributed by atoms with van der Waals surface area (Å²) in [6.45, 7) is 5.91. The Morgan fingerprint density at radius 3 is 2.42 bits per heavy atom. The maximum Gasteiger partial charge on any atom is 0.261 e. The van der Waals surface area contributed by atoms with Crippen molar-refractivity contribution in [1.82, 2.24) is 10.2 Å². The fourth-order valence-electron chi connectivity index (χ4n) is 2.76. The van der Waals surface area contributed by atoms with Crippen LogP contribution in [-0.2, 0) is 16.1 Å². The van der Waals surface area contributed by atoms with Gasteiger partial charge in [-0.2, -0.15) is 0 Å². The molecule has 0 bridgehead atoms. The maximum absolute atomic E-state index is 12.8. The lowest BCUT2D eigenvalue weighted by Gasteiger charge is -2.28. The summed E-state index contributed by atoms with van der Waals surface area (Å²) in [4.78, 5) is 26.4. The Morgan fingerprint density at radius 1 is 1.12 bits per heavy atom. The standard InChI is InChI=1S/C21H26N2O3/c1-15-10-11-19(16(2)12-15)26-14-20(24)23(17(3)21(25)22-4)13-18-8-6-5-7-9-18/h5-12,17H,13-14H2,1-4H3,(H,22,25). The first-order valence-corrected chi connectivity index (χ1v) is 8.67. The number of nitrogens with zero attached hydrogens (tertiary/aromatic N) is 1. The van der Waals surface area contributed by atoms with Gasteiger partial charge >= 0.3 is 0 Å². The van der Waals surface area contributed by atoms with Crippen LogP contribution in [0, 0.1) is 13.8 Å². The first-order valence-electron chi connectivity index (χ1n) is 8.67. The zero-order valence-electron chi connectivity index (χ0n) is 15.8. The Bertz CT molecular complexity index is 759. The Balaban J connectivity index is 2.12. The topological polar surface area (TPSA) is 58.6 Å². The SMILES string of the molecule is CNC(=O)C(C)N(Cc1ccccc1)C(=O)COc1ccc(C)cc1C. The van der Waals surface area contributed by atoms with Crippen LogP contribution in [-0.4, -0.2) is 36.4 Å². The van der Waals surface area contributed by atoms with Gasteiger partial charge in [-0.25, -0.2) is 0 Å². The molecule has 0 saturated carbocycles. The van der Waals surface area contributed by atoms with Crippen LogP contribution in [0.5, 0.6) is 5.75 Å². The summed E-state index contributed by atoms with van der Waals surface area (Å²) in [5.74, 6) is 0.238. The van der Waals surface area contributed by atoms with Crippen LogP contribution in [0.15, 0.2) is 48.5 Å². The summed E-state index contributed by atoms with van der Waals surface area (Å²) in [6, 6.07) is 14.8. The highest BCUT2D eigenvalue weighted by Gasteiger charge is 2.25. The van der Waals surface area contributed by atoms with Crippen LogP contribution in [0.2, 0.25) is 0 Å². The average Bonchev–Trinajstić information content (AvgIpc) is 2.64. The molecule has 0 fully saturated rings. The predicted octanol–water partition coefficient (Wildman–Crippen LogP) is 2.85. The monoisotopic (exact) mass is 354 g/mol. The second-order valence-electron chi connectivity index (χ2n) is 6.36. The molecule has 0 spiro atoms. The van der Waals surface area contributed by atoms with Gasteiger partial charge in [-0.1, -0.05) is 48.0 Å². The molecule has 138 valence electrons. The Morgan fingerprint density at radius 2 is 1.81 bits per heavy atom. The normalized spacial score (nSPS) is 11.5. The summed E-state index contributed by atoms with van der Waals surface area (Å²) in [7, 11) is 1.57. The van der Waals surface area contributed by atoms with Crippen molar-refractivity contribution < 1.29 is 14.3 Å². The van der Waals surface area contributed by atoms with Gasteiger partial charge in [0.15, 0.2) is 6.61 Å². The molecule has 0 aliphatic rings. The molecule has 1 unspecified atom stereocenters. The highest BCUT2D eigenvalue weighted by molar-refractivity contribution is 5.87. The summed E-state index contributed by atoms with van der Waals surface area (Å²) in [5, 5.41) is 2.60. The van der Waals surface area contributed by atoms with E-state index >= 15 is 0 Å². The number of likely N-dealkylation sites (N-methyl/N-ethyl adjacent to an activating group) is 1. The molecule has 5 heteroatoms. The maximum atomic E-state index is 12.8. The van der Waals surface area contributed by atoms with Gasteiger partial charge in [-0.05, 0) is 38.0 Å². The summed E-state index contributed by atoms with van der Waals surface area (Å²) in [5.41, 5.74) is 3.08. The van der Waals surface area contributed by atoms with E-state index < -0.39 is 6.04 Å². The van der Waals surface area contributed by atoms with Gasteiger partial charge in [0.2, 0.25) is 5.91 Å². The second kappa shape index (κ2) is 9.04. The minimum atomic E-state index is -0.588. The van der Waals surface area contributed by atoms with Crippen molar-refractivity contribution in [3.8, 4) is 5.75 Å². The number of ether oxygens (including phenoxy) is 1. The number of amides is 2. The van der Waals surface area contributed by atoms with Crippen LogP contribution >= 0.6 is 0 Å². The number of benzene rings is 2. The van der Waals surface area contributed by atoms with E-state index in [-0.39, 0.29) is 18.4 Å². The van der Waals surface area contributed by atoms with Crippen LogP contribution in [0.1, 0.15) is 23.6 Å². The van der Waals surface area contributed by atoms with Gasteiger partial charge < -0.3 is 15.0 Å². The van der Waals surface area contributed by atoms with Crippen molar-refractivity contribution in [3.05, 3.63) is 65.2 Å². The van der Waals surface area contributed by atoms with Gasteiger partial charge in [-0.15, -0.1) is 0 Å². The quantitative estimate of drug-likeness (QED) is 0.832. The van der Waals surface area contributed by atoms with Gasteiger partial charge in [0.25, 0.3) is 5.91 Å². The largest absolute Gasteiger partial charge is 0.483 e. The molecule has 2 amide bonds. The van der Waals surface area contributed by atoms with E-state index in [1.165, 1.54) is 4.90 Å². The minimum absolute atomic E-state index is 0.113. The molecule has 0 aliphatic carbocycles. The zero-order valence-corrected chi connectivity index (χ0v) is 15.8. The van der Waals surface area contributed by atoms with Gasteiger partial charge in [0.1, 0.15) is 11.8 Å². The average molecular weight is 354 g/mol. The van der Waals surface area contributed by atoms with Crippen LogP contribution in [0.3, 0.4) is 0 Å². The number of hydrogen-bond donors (Lipinski definition) is 1. The lowest BCUT2D eigenvalue weighted by Crippen LogP contribution is -2.48. The van der Waals surface area contributed by atoms with E-state index in [0.717, 1.165) is 16.7 Å². The Hall–Kier alpha value is -2.82. The molecule has 1 N–H and O–H groups in total. The van der Waals surface area contributed by atoms with E-state index in [9.17, 15) is 9.59 Å². The Kier molecular flexibility index (Phi) is 6.78. The minimum Gasteiger partial charge on any atom is -0.483 e. The summed E-state index contributed by atoms with van der Waals surface area (Å²) < 4.78 is 5.71. The van der Waals surface area contributed by atoms with Crippen molar-refractivity contribution in [2.24, 2.45) is 0 Å². The van der Waals surface area contributed by atoms with Gasteiger partial charge in [-0.3, -0.25) is 9.59 Å². The third-order valence-corrected chi connectivity index (χ3v) is 4.29. The first-order chi connectivity index (χ1) is 12.4. The van der Waals surface area contributed by atoms with E-state index in [1.807, 2.05) is 62.4 Å². The highest BCUT2D eigenvalue weighted by Crippen LogP contribution is 2.19. The molecule has 1 atom stereocenters. The molecule has 26 heavy (non-hydrogen) atoms. The fourth-order valence-corrected chi connectivity index (χ4v) is 2.76. The van der Waals surface area contributed by atoms with Crippen molar-refractivity contribution >= 4 is 11.8 Å². The van der Waals surface area contributed by atoms with E-state index in [1.54, 1.807) is 14.0 Å². The molecular formula is C21H26N2O3. The molecule has 2 rings (SSSR count). The van der Waals surface area contributed by atoms with Crippen LogP contribution in [0.4, 0.5) is 0 Å². The first kappa shape index (κ1) is 19.5. The molecule has 2 aromatic carbocycles. The summed E-state index contributed by atoms with van der Waals surface area (Å²) in [6.07, 6.45) is 0. The van der Waals surface area contributed by atoms with E-state index in [0.29, 0.717) is 12.3 Å². The van der Waals surface area contributed by atoms with Gasteiger partial charge in [0.05, 0.1) is 0 Å². The second-order valence-corrected chi connectivity index (χ2v) is 6.36. The van der Waals surface area contributed by atoms with Crippen molar-refractivity contribution in [2.45, 2.75) is 33.4 Å². The number of nitrogens with one attached hydrogen (secondary N) is 1. The molecule has 5 nitrogen and oxygen atoms in total. The van der Waals surface area contributed by atoms with Crippen molar-refractivity contribution in [1.29, 1.82) is 0 Å². The zero-order chi connectivity index (χ0) is 19.1. The molecule has 0 radical (unpaired) electrons. The number of aryl methyl sites for hydroxylation is 2. The molecule has 0 aromatic heterocycles. The molecule has 0 saturated heterocycles. The smallest absolute Gasteiger partial charge is 0.261 e. The number of rotatable bonds is 7. The van der Waals surface area contributed by atoms with Crippen molar-refractivity contribution in [2.75, 3.05) is 13.7 Å². The van der Waals surface area contributed by atoms with E-state index in [2.05, 4.69) is 5.32 Å². The lowest BCUT2D eigenvalue weighted by atomic mass is 10.1. The van der Waals surface area contributed by atoms with Crippen LogP contribution in [0.25, 0.3) is 0 Å². The van der Waals surface area contributed by atoms with Gasteiger partial charge in [0, 0.05) is 13.6 Å². The third kappa shape index (κ3) is 5.09. The van der Waals surface area contributed by atoms with Crippen LogP contribution < -0.4 is 10.1 Å². The number of carbonyl (C=O) groups is 2. The number of hydrogen-bond acceptors (Lipinski definition) is 3. The predicted molar refractivity (Wildman–Crippen MR) is 102 cm³/mol. The van der Waals surface area contributed by atoms with Crippen molar-refractivity contribution in [3.63, 3.8) is 0 Å². The Labute approximate surface area is 155 Å². The highest BCUT2D eigenvalue weighted by atomic mass is 16.5. The number of carbonyl (C=O) groups excluding carboxylic acids is 2. The fraction of sp³-hybridized carbons (Fsp3) is 0.333. The summed E-state index contributed by atoms with van der Waals surface area (Å²) >= 11 is 0. The molecule has 2 aromatic rings. The molecule has 0 heterocycles. The third-order valence-electron chi connectivity index (χ3n) is 4.29. The molecular weight excluding hydrogens is 328 g/mol. The lowest BCUT2D eigenvalue weighted by molar-refractivity contribution is -0.142. The molecule has 0 aliphatic heterocycles. The van der Waals surface area contributed by atoms with E-state index in [4.69, 9.17) is 4.74 Å².